The van der Waals surface area contributed by atoms with Crippen molar-refractivity contribution < 1.29 is 13.3 Å². The summed E-state index contributed by atoms with van der Waals surface area (Å²) >= 11 is 0. The van der Waals surface area contributed by atoms with Gasteiger partial charge in [0.15, 0.2) is 0 Å². The van der Waals surface area contributed by atoms with E-state index in [0.29, 0.717) is 0 Å². The van der Waals surface area contributed by atoms with Crippen LogP contribution in [0.15, 0.2) is 73.5 Å². The van der Waals surface area contributed by atoms with Gasteiger partial charge in [-0.2, -0.15) is 0 Å². The van der Waals surface area contributed by atoms with Crippen molar-refractivity contribution in [3.05, 3.63) is 73.5 Å². The Balaban J connectivity index is 4.66. The minimum Gasteiger partial charge on any atom is -0.490 e. The van der Waals surface area contributed by atoms with Crippen LogP contribution in [0.3, 0.4) is 0 Å². The Labute approximate surface area is 180 Å². The summed E-state index contributed by atoms with van der Waals surface area (Å²) in [5.74, 6) is 0. The van der Waals surface area contributed by atoms with Crippen LogP contribution in [0.25, 0.3) is 0 Å². The van der Waals surface area contributed by atoms with Crippen molar-refractivity contribution in [2.75, 3.05) is 0 Å². The zero-order valence-corrected chi connectivity index (χ0v) is 20.0. The molecule has 0 aromatic carbocycles. The molecule has 0 bridgehead atoms. The molecule has 3 nitrogen and oxygen atoms in total. The fourth-order valence-corrected chi connectivity index (χ4v) is 3.34. The summed E-state index contributed by atoms with van der Waals surface area (Å²) in [6, 6.07) is 0. The molecule has 0 spiro atoms. The van der Waals surface area contributed by atoms with E-state index < -0.39 is 8.80 Å². The molecule has 0 N–H and O–H groups in total. The predicted molar refractivity (Wildman–Crippen MR) is 128 cm³/mol. The van der Waals surface area contributed by atoms with Crippen molar-refractivity contribution >= 4 is 8.80 Å². The summed E-state index contributed by atoms with van der Waals surface area (Å²) < 4.78 is 17.5. The molecule has 0 saturated carbocycles. The van der Waals surface area contributed by atoms with Crippen molar-refractivity contribution in [2.45, 2.75) is 85.1 Å². The highest BCUT2D eigenvalue weighted by Gasteiger charge is 2.38. The molecule has 0 atom stereocenters. The Morgan fingerprint density at radius 1 is 0.517 bits per heavy atom. The topological polar surface area (TPSA) is 27.7 Å². The van der Waals surface area contributed by atoms with Gasteiger partial charge < -0.3 is 13.3 Å². The van der Waals surface area contributed by atoms with Crippen LogP contribution in [0.1, 0.15) is 78.6 Å². The van der Waals surface area contributed by atoms with Crippen molar-refractivity contribution in [2.24, 2.45) is 0 Å². The highest BCUT2D eigenvalue weighted by atomic mass is 28.4. The Morgan fingerprint density at radius 3 is 1.10 bits per heavy atom. The monoisotopic (exact) mass is 418 g/mol. The average molecular weight is 419 g/mol. The molecule has 0 rings (SSSR count). The first-order chi connectivity index (χ1) is 14.2. The van der Waals surface area contributed by atoms with Crippen LogP contribution in [-0.2, 0) is 13.3 Å². The van der Waals surface area contributed by atoms with Gasteiger partial charge in [-0.3, -0.25) is 0 Å². The first kappa shape index (κ1) is 27.1. The fourth-order valence-electron chi connectivity index (χ4n) is 2.20. The summed E-state index contributed by atoms with van der Waals surface area (Å²) in [5.41, 5.74) is 0. The van der Waals surface area contributed by atoms with Crippen molar-refractivity contribution in [3.8, 4) is 0 Å². The first-order valence-electron chi connectivity index (χ1n) is 11.2. The van der Waals surface area contributed by atoms with E-state index in [0.717, 1.165) is 19.3 Å². The van der Waals surface area contributed by atoms with Crippen LogP contribution >= 0.6 is 0 Å². The first-order valence-corrected chi connectivity index (χ1v) is 13.4. The van der Waals surface area contributed by atoms with E-state index in [1.54, 1.807) is 18.8 Å². The maximum atomic E-state index is 5.84. The van der Waals surface area contributed by atoms with Gasteiger partial charge in [0.1, 0.15) is 0 Å². The third-order valence-corrected chi connectivity index (χ3v) is 5.69. The average Bonchev–Trinajstić information content (AvgIpc) is 2.72. The molecule has 0 saturated heterocycles. The maximum Gasteiger partial charge on any atom is 0.694 e. The lowest BCUT2D eigenvalue weighted by atomic mass is 10.2. The van der Waals surface area contributed by atoms with E-state index >= 15 is 0 Å². The highest BCUT2D eigenvalue weighted by molar-refractivity contribution is 6.59. The molecule has 0 unspecified atom stereocenters. The summed E-state index contributed by atoms with van der Waals surface area (Å²) in [6.45, 7) is 8.46. The summed E-state index contributed by atoms with van der Waals surface area (Å²) in [7, 11) is -2.84. The third-order valence-electron chi connectivity index (χ3n) is 4.00. The Bertz CT molecular complexity index is 456. The summed E-state index contributed by atoms with van der Waals surface area (Å²) in [6.07, 6.45) is 33.6. The molecule has 164 valence electrons. The van der Waals surface area contributed by atoms with Gasteiger partial charge in [-0.25, -0.2) is 0 Å². The minimum absolute atomic E-state index is 1.09. The van der Waals surface area contributed by atoms with Crippen molar-refractivity contribution in [3.63, 3.8) is 0 Å². The number of hydrogen-bond donors (Lipinski definition) is 0. The van der Waals surface area contributed by atoms with Gasteiger partial charge in [0.2, 0.25) is 0 Å². The maximum absolute atomic E-state index is 5.84. The van der Waals surface area contributed by atoms with Crippen LogP contribution in [0.4, 0.5) is 0 Å². The minimum atomic E-state index is -2.84. The molecule has 0 aliphatic carbocycles. The molecule has 29 heavy (non-hydrogen) atoms. The van der Waals surface area contributed by atoms with E-state index in [1.165, 1.54) is 38.5 Å². The normalized spacial score (nSPS) is 14.9. The Morgan fingerprint density at radius 2 is 0.828 bits per heavy atom. The molecule has 4 heteroatoms. The summed E-state index contributed by atoms with van der Waals surface area (Å²) in [5, 5.41) is 0. The van der Waals surface area contributed by atoms with E-state index in [1.807, 2.05) is 43.0 Å². The second-order valence-electron chi connectivity index (χ2n) is 6.91. The summed E-state index contributed by atoms with van der Waals surface area (Å²) in [4.78, 5) is 0. The number of unbranched alkanes of at least 4 members (excludes halogenated alkanes) is 6. The SMILES string of the molecule is CCCCC=CC=CO[Si](C)(OC=CC=CCCCC)OC=CC=CCCCC. The van der Waals surface area contributed by atoms with E-state index in [2.05, 4.69) is 39.0 Å². The lowest BCUT2D eigenvalue weighted by Gasteiger charge is -2.21. The van der Waals surface area contributed by atoms with Gasteiger partial charge in [0.25, 0.3) is 0 Å². The third kappa shape index (κ3) is 19.2. The molecule has 0 aromatic heterocycles. The van der Waals surface area contributed by atoms with E-state index in [4.69, 9.17) is 13.3 Å². The Hall–Kier alpha value is -1.94. The van der Waals surface area contributed by atoms with Gasteiger partial charge >= 0.3 is 8.80 Å². The Kier molecular flexibility index (Phi) is 19.4. The number of allylic oxidation sites excluding steroid dienone is 9. The van der Waals surface area contributed by atoms with Crippen molar-refractivity contribution in [1.29, 1.82) is 0 Å². The van der Waals surface area contributed by atoms with Crippen LogP contribution in [0, 0.1) is 0 Å². The lowest BCUT2D eigenvalue weighted by molar-refractivity contribution is 0.189. The van der Waals surface area contributed by atoms with Crippen LogP contribution < -0.4 is 0 Å². The smallest absolute Gasteiger partial charge is 0.490 e. The molecule has 0 heterocycles. The molecule has 0 amide bonds. The second kappa shape index (κ2) is 20.8. The van der Waals surface area contributed by atoms with Crippen LogP contribution in [0.2, 0.25) is 6.55 Å². The molecular formula is C25H42O3Si. The quantitative estimate of drug-likeness (QED) is 0.0968. The largest absolute Gasteiger partial charge is 0.694 e. The molecular weight excluding hydrogens is 376 g/mol. The van der Waals surface area contributed by atoms with Crippen LogP contribution in [-0.4, -0.2) is 8.80 Å². The van der Waals surface area contributed by atoms with Gasteiger partial charge in [-0.1, -0.05) is 95.8 Å². The van der Waals surface area contributed by atoms with Gasteiger partial charge in [0, 0.05) is 6.55 Å². The van der Waals surface area contributed by atoms with Gasteiger partial charge in [0.05, 0.1) is 18.8 Å². The van der Waals surface area contributed by atoms with E-state index in [-0.39, 0.29) is 0 Å². The van der Waals surface area contributed by atoms with Crippen LogP contribution in [0.5, 0.6) is 0 Å². The highest BCUT2D eigenvalue weighted by Crippen LogP contribution is 2.12. The van der Waals surface area contributed by atoms with Gasteiger partial charge in [-0.15, -0.1) is 0 Å². The van der Waals surface area contributed by atoms with Gasteiger partial charge in [-0.05, 0) is 37.5 Å². The zero-order valence-electron chi connectivity index (χ0n) is 19.0. The van der Waals surface area contributed by atoms with Crippen molar-refractivity contribution in [1.82, 2.24) is 0 Å². The fraction of sp³-hybridized carbons (Fsp3) is 0.520. The molecule has 0 radical (unpaired) electrons. The molecule has 0 aliphatic rings. The lowest BCUT2D eigenvalue weighted by Crippen LogP contribution is -2.37. The molecule has 0 fully saturated rings. The zero-order chi connectivity index (χ0) is 21.5. The number of rotatable bonds is 18. The second-order valence-corrected chi connectivity index (χ2v) is 9.34. The predicted octanol–water partition coefficient (Wildman–Crippen LogP) is 8.39. The molecule has 0 aliphatic heterocycles. The standard InChI is InChI=1S/C25H42O3Si/c1-5-8-11-14-17-20-23-26-29(4,27-24-21-18-15-12-9-6-2)28-25-22-19-16-13-10-7-3/h14-25H,5-13H2,1-4H3. The molecule has 0 aromatic rings. The number of hydrogen-bond acceptors (Lipinski definition) is 3. The van der Waals surface area contributed by atoms with E-state index in [9.17, 15) is 0 Å².